The Labute approximate surface area is 178 Å². The second-order valence-corrected chi connectivity index (χ2v) is 10.6. The van der Waals surface area contributed by atoms with Gasteiger partial charge in [-0.25, -0.2) is 4.21 Å². The van der Waals surface area contributed by atoms with E-state index in [0.29, 0.717) is 49.7 Å². The standard InChI is InChI=1S/C21H31N3O5S/c1-28-19-4-3-10-22-18(19)14-20(25)23-30(2,27)17-7-11-24(12-8-17)21(26)6-5-16-9-13-29-15-16/h3-4,10,16-17H,5-9,11-15H2,1-2H3. The molecule has 0 aliphatic carbocycles. The van der Waals surface area contributed by atoms with Crippen LogP contribution >= 0.6 is 0 Å². The Morgan fingerprint density at radius 1 is 1.33 bits per heavy atom. The van der Waals surface area contributed by atoms with Gasteiger partial charge < -0.3 is 14.4 Å². The van der Waals surface area contributed by atoms with Crippen LogP contribution in [-0.2, 0) is 30.5 Å². The molecule has 2 fully saturated rings. The molecule has 0 spiro atoms. The average Bonchev–Trinajstić information content (AvgIpc) is 3.26. The van der Waals surface area contributed by atoms with Gasteiger partial charge in [0.05, 0.1) is 29.0 Å². The molecule has 0 radical (unpaired) electrons. The van der Waals surface area contributed by atoms with Crippen molar-refractivity contribution in [3.63, 3.8) is 0 Å². The molecule has 1 aromatic rings. The summed E-state index contributed by atoms with van der Waals surface area (Å²) in [7, 11) is -1.18. The van der Waals surface area contributed by atoms with E-state index in [9.17, 15) is 13.8 Å². The van der Waals surface area contributed by atoms with E-state index < -0.39 is 15.6 Å². The molecule has 0 saturated carbocycles. The first-order chi connectivity index (χ1) is 14.4. The number of aromatic nitrogens is 1. The van der Waals surface area contributed by atoms with Gasteiger partial charge in [-0.05, 0) is 43.7 Å². The topological polar surface area (TPSA) is 98.2 Å². The van der Waals surface area contributed by atoms with E-state index >= 15 is 0 Å². The number of pyridine rings is 1. The highest BCUT2D eigenvalue weighted by Gasteiger charge is 2.29. The molecule has 30 heavy (non-hydrogen) atoms. The predicted molar refractivity (Wildman–Crippen MR) is 114 cm³/mol. The van der Waals surface area contributed by atoms with Crippen molar-refractivity contribution in [2.24, 2.45) is 10.3 Å². The molecule has 2 amide bonds. The Kier molecular flexibility index (Phi) is 7.82. The van der Waals surface area contributed by atoms with Crippen LogP contribution < -0.4 is 4.74 Å². The second-order valence-electron chi connectivity index (χ2n) is 8.02. The first-order valence-electron chi connectivity index (χ1n) is 10.5. The summed E-state index contributed by atoms with van der Waals surface area (Å²) in [6, 6.07) is 3.45. The number of ether oxygens (including phenoxy) is 2. The van der Waals surface area contributed by atoms with Crippen molar-refractivity contribution in [1.29, 1.82) is 0 Å². The van der Waals surface area contributed by atoms with Crippen LogP contribution in [0.1, 0.15) is 37.8 Å². The monoisotopic (exact) mass is 437 g/mol. The smallest absolute Gasteiger partial charge is 0.259 e. The van der Waals surface area contributed by atoms with Gasteiger partial charge in [0.15, 0.2) is 0 Å². The second kappa shape index (κ2) is 10.3. The summed E-state index contributed by atoms with van der Waals surface area (Å²) in [5.41, 5.74) is 0.483. The zero-order valence-corrected chi connectivity index (χ0v) is 18.6. The number of likely N-dealkylation sites (tertiary alicyclic amines) is 1. The lowest BCUT2D eigenvalue weighted by molar-refractivity contribution is -0.132. The van der Waals surface area contributed by atoms with Crippen LogP contribution in [-0.4, -0.2) is 70.8 Å². The first-order valence-corrected chi connectivity index (χ1v) is 12.4. The molecule has 3 rings (SSSR count). The minimum atomic E-state index is -2.69. The molecule has 0 bridgehead atoms. The molecule has 2 atom stereocenters. The van der Waals surface area contributed by atoms with Crippen molar-refractivity contribution in [2.45, 2.75) is 43.8 Å². The van der Waals surface area contributed by atoms with Crippen LogP contribution in [0.15, 0.2) is 22.7 Å². The Morgan fingerprint density at radius 3 is 2.77 bits per heavy atom. The van der Waals surface area contributed by atoms with Crippen LogP contribution in [0.2, 0.25) is 0 Å². The summed E-state index contributed by atoms with van der Waals surface area (Å²) < 4.78 is 27.7. The highest BCUT2D eigenvalue weighted by molar-refractivity contribution is 7.93. The molecular weight excluding hydrogens is 406 g/mol. The normalized spacial score (nSPS) is 21.8. The maximum absolute atomic E-state index is 13.1. The minimum absolute atomic E-state index is 0.0446. The van der Waals surface area contributed by atoms with Gasteiger partial charge in [-0.3, -0.25) is 14.6 Å². The van der Waals surface area contributed by atoms with Crippen LogP contribution in [0.4, 0.5) is 0 Å². The van der Waals surface area contributed by atoms with E-state index in [2.05, 4.69) is 9.35 Å². The van der Waals surface area contributed by atoms with Crippen LogP contribution in [0.5, 0.6) is 5.75 Å². The SMILES string of the molecule is COc1cccnc1CC(=O)N=S(C)(=O)C1CCN(C(=O)CCC2CCOC2)CC1. The molecule has 3 heterocycles. The number of methoxy groups -OCH3 is 1. The number of rotatable bonds is 7. The maximum Gasteiger partial charge on any atom is 0.259 e. The van der Waals surface area contributed by atoms with Gasteiger partial charge in [-0.2, -0.15) is 4.36 Å². The summed E-state index contributed by atoms with van der Waals surface area (Å²) in [5.74, 6) is 0.693. The third-order valence-electron chi connectivity index (χ3n) is 5.87. The molecule has 2 unspecified atom stereocenters. The van der Waals surface area contributed by atoms with Gasteiger partial charge in [0.2, 0.25) is 5.91 Å². The van der Waals surface area contributed by atoms with Gasteiger partial charge in [-0.1, -0.05) is 0 Å². The molecule has 1 aromatic heterocycles. The zero-order chi connectivity index (χ0) is 21.6. The number of hydrogen-bond acceptors (Lipinski definition) is 6. The summed E-state index contributed by atoms with van der Waals surface area (Å²) in [4.78, 5) is 30.9. The van der Waals surface area contributed by atoms with Crippen LogP contribution in [0.3, 0.4) is 0 Å². The Bertz CT molecular complexity index is 867. The Balaban J connectivity index is 1.52. The fourth-order valence-electron chi connectivity index (χ4n) is 4.03. The van der Waals surface area contributed by atoms with Crippen molar-refractivity contribution in [3.8, 4) is 5.75 Å². The number of carbonyl (C=O) groups is 2. The fraction of sp³-hybridized carbons (Fsp3) is 0.667. The van der Waals surface area contributed by atoms with Gasteiger partial charge in [-0.15, -0.1) is 0 Å². The molecule has 2 aliphatic rings. The van der Waals surface area contributed by atoms with E-state index in [1.807, 2.05) is 4.90 Å². The Morgan fingerprint density at radius 2 is 2.10 bits per heavy atom. The first kappa shape index (κ1) is 22.7. The zero-order valence-electron chi connectivity index (χ0n) is 17.7. The quantitative estimate of drug-likeness (QED) is 0.648. The molecule has 0 aromatic carbocycles. The molecule has 8 nitrogen and oxygen atoms in total. The van der Waals surface area contributed by atoms with Crippen molar-refractivity contribution in [2.75, 3.05) is 39.7 Å². The van der Waals surface area contributed by atoms with Crippen molar-refractivity contribution < 1.29 is 23.3 Å². The third kappa shape index (κ3) is 6.01. The number of piperidine rings is 1. The fourth-order valence-corrected chi connectivity index (χ4v) is 5.74. The van der Waals surface area contributed by atoms with Crippen molar-refractivity contribution in [1.82, 2.24) is 9.88 Å². The number of nitrogens with zero attached hydrogens (tertiary/aromatic N) is 3. The summed E-state index contributed by atoms with van der Waals surface area (Å²) >= 11 is 0. The van der Waals surface area contributed by atoms with E-state index in [1.54, 1.807) is 24.6 Å². The largest absolute Gasteiger partial charge is 0.495 e. The van der Waals surface area contributed by atoms with Crippen LogP contribution in [0.25, 0.3) is 0 Å². The molecule has 166 valence electrons. The van der Waals surface area contributed by atoms with E-state index in [4.69, 9.17) is 9.47 Å². The number of amides is 2. The Hall–Kier alpha value is -2.00. The molecule has 2 saturated heterocycles. The number of carbonyl (C=O) groups excluding carboxylic acids is 2. The van der Waals surface area contributed by atoms with E-state index in [1.165, 1.54) is 7.11 Å². The third-order valence-corrected chi connectivity index (χ3v) is 8.15. The predicted octanol–water partition coefficient (Wildman–Crippen LogP) is 2.06. The molecule has 9 heteroatoms. The molecule has 2 aliphatic heterocycles. The summed E-state index contributed by atoms with van der Waals surface area (Å²) in [5, 5.41) is -0.195. The van der Waals surface area contributed by atoms with Gasteiger partial charge >= 0.3 is 0 Å². The minimum Gasteiger partial charge on any atom is -0.495 e. The van der Waals surface area contributed by atoms with Gasteiger partial charge in [0.1, 0.15) is 5.75 Å². The highest BCUT2D eigenvalue weighted by atomic mass is 32.2. The lowest BCUT2D eigenvalue weighted by Crippen LogP contribution is -2.42. The average molecular weight is 438 g/mol. The summed E-state index contributed by atoms with van der Waals surface area (Å²) in [6.07, 6.45) is 6.71. The number of hydrogen-bond donors (Lipinski definition) is 0. The highest BCUT2D eigenvalue weighted by Crippen LogP contribution is 2.23. The lowest BCUT2D eigenvalue weighted by Gasteiger charge is -2.32. The van der Waals surface area contributed by atoms with Gasteiger partial charge in [0, 0.05) is 50.4 Å². The lowest BCUT2D eigenvalue weighted by atomic mass is 10.0. The van der Waals surface area contributed by atoms with E-state index in [-0.39, 0.29) is 17.6 Å². The van der Waals surface area contributed by atoms with Gasteiger partial charge in [0.25, 0.3) is 5.91 Å². The van der Waals surface area contributed by atoms with E-state index in [0.717, 1.165) is 26.1 Å². The van der Waals surface area contributed by atoms with Crippen molar-refractivity contribution in [3.05, 3.63) is 24.0 Å². The van der Waals surface area contributed by atoms with Crippen molar-refractivity contribution >= 4 is 21.5 Å². The summed E-state index contributed by atoms with van der Waals surface area (Å²) in [6.45, 7) is 2.68. The van der Waals surface area contributed by atoms with Crippen LogP contribution in [0, 0.1) is 5.92 Å². The maximum atomic E-state index is 13.1. The molecular formula is C21H31N3O5S. The molecule has 0 N–H and O–H groups in total.